The van der Waals surface area contributed by atoms with E-state index in [9.17, 15) is 9.18 Å². The van der Waals surface area contributed by atoms with Crippen LogP contribution in [0.2, 0.25) is 0 Å². The van der Waals surface area contributed by atoms with Crippen LogP contribution in [0.1, 0.15) is 41.6 Å². The van der Waals surface area contributed by atoms with Crippen LogP contribution in [0.15, 0.2) is 54.6 Å². The quantitative estimate of drug-likeness (QED) is 0.191. The van der Waals surface area contributed by atoms with Gasteiger partial charge in [0.05, 0.1) is 26.4 Å². The third-order valence-corrected chi connectivity index (χ3v) is 7.50. The summed E-state index contributed by atoms with van der Waals surface area (Å²) in [6.45, 7) is 3.06. The van der Waals surface area contributed by atoms with Gasteiger partial charge in [-0.3, -0.25) is 4.79 Å². The van der Waals surface area contributed by atoms with Gasteiger partial charge in [0, 0.05) is 31.2 Å². The number of ether oxygens (including phenoxy) is 2. The molecule has 3 aromatic rings. The van der Waals surface area contributed by atoms with E-state index in [2.05, 4.69) is 36.2 Å². The molecule has 2 aliphatic rings. The first kappa shape index (κ1) is 28.7. The van der Waals surface area contributed by atoms with E-state index in [1.165, 1.54) is 31.4 Å². The zero-order chi connectivity index (χ0) is 28.3. The predicted molar refractivity (Wildman–Crippen MR) is 155 cm³/mol. The molecule has 1 heterocycles. The lowest BCUT2D eigenvalue weighted by atomic mass is 9.95. The summed E-state index contributed by atoms with van der Waals surface area (Å²) in [6, 6.07) is 15.9. The molecule has 2 saturated carbocycles. The summed E-state index contributed by atoms with van der Waals surface area (Å²) < 4.78 is 24.8. The maximum atomic E-state index is 13.6. The molecule has 41 heavy (non-hydrogen) atoms. The third kappa shape index (κ3) is 8.83. The standard InChI is InChI=1S/C30H38FN7O3/c31-25-8-4-5-22(18-25)20-34-29-36-28(37-30(38-29)35-26-19-21-9-10-24(26)17-21)33-12-14-41-16-15-40-13-11-32-27(39)23-6-2-1-3-7-23/h1-8,18,21,24,26H,9-17,19-20H2,(H,32,39)(H3,33,34,35,36,37,38). The fraction of sp³-hybridized carbons (Fsp3) is 0.467. The lowest BCUT2D eigenvalue weighted by molar-refractivity contribution is 0.0519. The molecule has 3 atom stereocenters. The molecule has 2 aliphatic carbocycles. The van der Waals surface area contributed by atoms with Crippen LogP contribution in [0.25, 0.3) is 0 Å². The number of benzene rings is 2. The molecule has 11 heteroatoms. The molecule has 3 unspecified atom stereocenters. The van der Waals surface area contributed by atoms with Gasteiger partial charge in [-0.15, -0.1) is 0 Å². The van der Waals surface area contributed by atoms with Gasteiger partial charge in [0.1, 0.15) is 5.82 Å². The fourth-order valence-electron chi connectivity index (χ4n) is 5.50. The Balaban J connectivity index is 1.03. The van der Waals surface area contributed by atoms with Crippen LogP contribution in [0, 0.1) is 17.7 Å². The van der Waals surface area contributed by atoms with Crippen LogP contribution in [-0.2, 0) is 16.0 Å². The molecule has 2 fully saturated rings. The molecular weight excluding hydrogens is 525 g/mol. The molecule has 1 amide bonds. The van der Waals surface area contributed by atoms with Gasteiger partial charge in [-0.05, 0) is 60.9 Å². The number of anilines is 3. The van der Waals surface area contributed by atoms with Gasteiger partial charge in [0.2, 0.25) is 17.8 Å². The number of amides is 1. The Kier molecular flexibility index (Phi) is 10.3. The van der Waals surface area contributed by atoms with Crippen molar-refractivity contribution in [2.75, 3.05) is 55.5 Å². The first-order chi connectivity index (χ1) is 20.1. The predicted octanol–water partition coefficient (Wildman–Crippen LogP) is 4.10. The average Bonchev–Trinajstić information content (AvgIpc) is 3.61. The van der Waals surface area contributed by atoms with Crippen LogP contribution in [0.5, 0.6) is 0 Å². The highest BCUT2D eigenvalue weighted by Crippen LogP contribution is 2.45. The molecule has 0 aliphatic heterocycles. The van der Waals surface area contributed by atoms with E-state index in [4.69, 9.17) is 9.47 Å². The SMILES string of the molecule is O=C(NCCOCCOCCNc1nc(NCc2cccc(F)c2)nc(NC2CC3CCC2C3)n1)c1ccccc1. The van der Waals surface area contributed by atoms with Gasteiger partial charge in [-0.25, -0.2) is 4.39 Å². The van der Waals surface area contributed by atoms with Gasteiger partial charge in [-0.1, -0.05) is 36.8 Å². The van der Waals surface area contributed by atoms with Gasteiger partial charge < -0.3 is 30.7 Å². The van der Waals surface area contributed by atoms with E-state index in [-0.39, 0.29) is 11.7 Å². The summed E-state index contributed by atoms with van der Waals surface area (Å²) in [4.78, 5) is 25.7. The minimum absolute atomic E-state index is 0.115. The van der Waals surface area contributed by atoms with E-state index >= 15 is 0 Å². The summed E-state index contributed by atoms with van der Waals surface area (Å²) in [6.07, 6.45) is 5.01. The first-order valence-corrected chi connectivity index (χ1v) is 14.4. The number of nitrogens with zero attached hydrogens (tertiary/aromatic N) is 3. The number of fused-ring (bicyclic) bond motifs is 2. The lowest BCUT2D eigenvalue weighted by Crippen LogP contribution is -2.27. The Morgan fingerprint density at radius 3 is 2.32 bits per heavy atom. The Morgan fingerprint density at radius 2 is 1.59 bits per heavy atom. The smallest absolute Gasteiger partial charge is 0.251 e. The van der Waals surface area contributed by atoms with Gasteiger partial charge in [-0.2, -0.15) is 15.0 Å². The van der Waals surface area contributed by atoms with Crippen molar-refractivity contribution < 1.29 is 18.7 Å². The van der Waals surface area contributed by atoms with Crippen molar-refractivity contribution in [2.45, 2.75) is 38.3 Å². The minimum Gasteiger partial charge on any atom is -0.377 e. The second-order valence-corrected chi connectivity index (χ2v) is 10.5. The number of hydrogen-bond acceptors (Lipinski definition) is 9. The third-order valence-electron chi connectivity index (χ3n) is 7.50. The average molecular weight is 564 g/mol. The van der Waals surface area contributed by atoms with Crippen LogP contribution < -0.4 is 21.3 Å². The molecule has 2 bridgehead atoms. The van der Waals surface area contributed by atoms with Crippen molar-refractivity contribution in [3.8, 4) is 0 Å². The normalized spacial score (nSPS) is 19.2. The van der Waals surface area contributed by atoms with Crippen molar-refractivity contribution in [1.82, 2.24) is 20.3 Å². The van der Waals surface area contributed by atoms with E-state index < -0.39 is 0 Å². The Morgan fingerprint density at radius 1 is 0.829 bits per heavy atom. The van der Waals surface area contributed by atoms with Crippen LogP contribution in [-0.4, -0.2) is 66.4 Å². The molecule has 5 rings (SSSR count). The molecule has 4 N–H and O–H groups in total. The van der Waals surface area contributed by atoms with Crippen molar-refractivity contribution in [2.24, 2.45) is 11.8 Å². The fourth-order valence-corrected chi connectivity index (χ4v) is 5.50. The zero-order valence-corrected chi connectivity index (χ0v) is 23.2. The van der Waals surface area contributed by atoms with Crippen LogP contribution in [0.3, 0.4) is 0 Å². The van der Waals surface area contributed by atoms with Crippen molar-refractivity contribution in [3.05, 3.63) is 71.5 Å². The number of hydrogen-bond donors (Lipinski definition) is 4. The van der Waals surface area contributed by atoms with E-state index in [0.717, 1.165) is 17.9 Å². The summed E-state index contributed by atoms with van der Waals surface area (Å²) in [5.74, 6) is 2.49. The summed E-state index contributed by atoms with van der Waals surface area (Å²) in [7, 11) is 0. The van der Waals surface area contributed by atoms with Crippen molar-refractivity contribution in [1.29, 1.82) is 0 Å². The molecule has 10 nitrogen and oxygen atoms in total. The highest BCUT2D eigenvalue weighted by molar-refractivity contribution is 5.94. The number of aromatic nitrogens is 3. The number of carbonyl (C=O) groups excluding carboxylic acids is 1. The zero-order valence-electron chi connectivity index (χ0n) is 23.2. The highest BCUT2D eigenvalue weighted by Gasteiger charge is 2.39. The molecule has 0 spiro atoms. The topological polar surface area (TPSA) is 122 Å². The largest absolute Gasteiger partial charge is 0.377 e. The molecule has 0 radical (unpaired) electrons. The Bertz CT molecular complexity index is 1270. The van der Waals surface area contributed by atoms with Gasteiger partial charge >= 0.3 is 0 Å². The molecule has 218 valence electrons. The summed E-state index contributed by atoms with van der Waals surface area (Å²) >= 11 is 0. The van der Waals surface area contributed by atoms with Crippen LogP contribution >= 0.6 is 0 Å². The lowest BCUT2D eigenvalue weighted by Gasteiger charge is -2.23. The second-order valence-electron chi connectivity index (χ2n) is 10.5. The van der Waals surface area contributed by atoms with Gasteiger partial charge in [0.25, 0.3) is 5.91 Å². The molecule has 1 aromatic heterocycles. The van der Waals surface area contributed by atoms with E-state index in [0.29, 0.717) is 81.4 Å². The maximum Gasteiger partial charge on any atom is 0.251 e. The Labute approximate surface area is 239 Å². The number of carbonyl (C=O) groups is 1. The number of halogens is 1. The number of rotatable bonds is 16. The number of nitrogens with one attached hydrogen (secondary N) is 4. The summed E-state index contributed by atoms with van der Waals surface area (Å²) in [5.41, 5.74) is 1.43. The van der Waals surface area contributed by atoms with Crippen molar-refractivity contribution in [3.63, 3.8) is 0 Å². The van der Waals surface area contributed by atoms with Crippen molar-refractivity contribution >= 4 is 23.8 Å². The molecule has 2 aromatic carbocycles. The molecule has 0 saturated heterocycles. The van der Waals surface area contributed by atoms with E-state index in [1.54, 1.807) is 18.2 Å². The summed E-state index contributed by atoms with van der Waals surface area (Å²) in [5, 5.41) is 12.8. The van der Waals surface area contributed by atoms with E-state index in [1.807, 2.05) is 24.3 Å². The monoisotopic (exact) mass is 563 g/mol. The van der Waals surface area contributed by atoms with Gasteiger partial charge in [0.15, 0.2) is 0 Å². The first-order valence-electron chi connectivity index (χ1n) is 14.4. The Hall–Kier alpha value is -3.83. The van der Waals surface area contributed by atoms with Crippen LogP contribution in [0.4, 0.5) is 22.2 Å². The minimum atomic E-state index is -0.277. The molecular formula is C30H38FN7O3. The second kappa shape index (κ2) is 14.7. The maximum absolute atomic E-state index is 13.6. The highest BCUT2D eigenvalue weighted by atomic mass is 19.1.